The fraction of sp³-hybridized carbons (Fsp3) is 0.375. The van der Waals surface area contributed by atoms with Crippen LogP contribution in [0.4, 0.5) is 0 Å². The molecule has 0 N–H and O–H groups in total. The molecule has 3 heterocycles. The van der Waals surface area contributed by atoms with E-state index in [-0.39, 0.29) is 18.3 Å². The molecular weight excluding hydrogens is 277 g/mol. The summed E-state index contributed by atoms with van der Waals surface area (Å²) in [6.45, 7) is 8.25. The third-order valence-electron chi connectivity index (χ3n) is 4.83. The zero-order valence-corrected chi connectivity index (χ0v) is 13.2. The lowest BCUT2D eigenvalue weighted by Gasteiger charge is -2.32. The van der Waals surface area contributed by atoms with Gasteiger partial charge in [0.25, 0.3) is 0 Å². The number of hydrogen-bond acceptors (Lipinski definition) is 4. The van der Waals surface area contributed by atoms with Crippen molar-refractivity contribution in [3.8, 4) is 0 Å². The minimum Gasteiger partial charge on any atom is -0.399 e. The molecule has 112 valence electrons. The molecule has 1 aliphatic heterocycles. The van der Waals surface area contributed by atoms with Crippen LogP contribution in [0.15, 0.2) is 36.8 Å². The zero-order valence-electron chi connectivity index (χ0n) is 13.2. The molecule has 1 fully saturated rings. The van der Waals surface area contributed by atoms with Crippen molar-refractivity contribution in [2.45, 2.75) is 38.9 Å². The molecule has 0 unspecified atom stereocenters. The average molecular weight is 295 g/mol. The Morgan fingerprint density at radius 3 is 2.50 bits per heavy atom. The molecular formula is C16H18BN3O2. The number of rotatable bonds is 1. The van der Waals surface area contributed by atoms with E-state index in [0.29, 0.717) is 0 Å². The number of pyridine rings is 1. The molecule has 0 bridgehead atoms. The van der Waals surface area contributed by atoms with E-state index < -0.39 is 0 Å². The predicted molar refractivity (Wildman–Crippen MR) is 86.2 cm³/mol. The summed E-state index contributed by atoms with van der Waals surface area (Å²) >= 11 is 0. The lowest BCUT2D eigenvalue weighted by molar-refractivity contribution is 0.00578. The van der Waals surface area contributed by atoms with Crippen molar-refractivity contribution in [2.75, 3.05) is 0 Å². The maximum atomic E-state index is 6.12. The van der Waals surface area contributed by atoms with E-state index in [1.807, 2.05) is 16.7 Å². The van der Waals surface area contributed by atoms with Gasteiger partial charge in [-0.2, -0.15) is 0 Å². The minimum atomic E-state index is -0.344. The van der Waals surface area contributed by atoms with Crippen molar-refractivity contribution < 1.29 is 9.31 Å². The summed E-state index contributed by atoms with van der Waals surface area (Å²) in [5, 5.41) is 10.3. The van der Waals surface area contributed by atoms with Crippen molar-refractivity contribution in [1.29, 1.82) is 0 Å². The first-order chi connectivity index (χ1) is 10.4. The Labute approximate surface area is 129 Å². The van der Waals surface area contributed by atoms with Gasteiger partial charge in [-0.05, 0) is 44.6 Å². The van der Waals surface area contributed by atoms with Crippen LogP contribution < -0.4 is 5.46 Å². The summed E-state index contributed by atoms with van der Waals surface area (Å²) in [6.07, 6.45) is 3.67. The second-order valence-corrected chi connectivity index (χ2v) is 6.81. The van der Waals surface area contributed by atoms with E-state index in [0.717, 1.165) is 21.9 Å². The molecule has 3 aromatic rings. The summed E-state index contributed by atoms with van der Waals surface area (Å²) < 4.78 is 14.1. The molecule has 2 aromatic heterocycles. The summed E-state index contributed by atoms with van der Waals surface area (Å²) in [4.78, 5) is 0. The number of hydrogen-bond donors (Lipinski definition) is 0. The first-order valence-electron chi connectivity index (χ1n) is 7.45. The van der Waals surface area contributed by atoms with Crippen molar-refractivity contribution in [3.63, 3.8) is 0 Å². The smallest absolute Gasteiger partial charge is 0.399 e. The normalized spacial score (nSPS) is 20.1. The largest absolute Gasteiger partial charge is 0.494 e. The third-order valence-corrected chi connectivity index (χ3v) is 4.83. The van der Waals surface area contributed by atoms with Gasteiger partial charge in [0, 0.05) is 11.6 Å². The van der Waals surface area contributed by atoms with Gasteiger partial charge in [-0.25, -0.2) is 0 Å². The third kappa shape index (κ3) is 1.87. The lowest BCUT2D eigenvalue weighted by atomic mass is 9.78. The SMILES string of the molecule is CC1(C)OB(c2ccc3c(ccn4cnnc34)c2)OC1(C)C. The van der Waals surface area contributed by atoms with Crippen LogP contribution in [0.25, 0.3) is 16.4 Å². The van der Waals surface area contributed by atoms with E-state index in [1.54, 1.807) is 6.33 Å². The predicted octanol–water partition coefficient (Wildman–Crippen LogP) is 2.18. The number of fused-ring (bicyclic) bond motifs is 3. The first-order valence-corrected chi connectivity index (χ1v) is 7.45. The summed E-state index contributed by atoms with van der Waals surface area (Å²) in [7, 11) is -0.344. The molecule has 0 radical (unpaired) electrons. The highest BCUT2D eigenvalue weighted by Gasteiger charge is 2.51. The van der Waals surface area contributed by atoms with Gasteiger partial charge in [0.15, 0.2) is 5.65 Å². The quantitative estimate of drug-likeness (QED) is 0.646. The van der Waals surface area contributed by atoms with E-state index in [1.165, 1.54) is 0 Å². The lowest BCUT2D eigenvalue weighted by Crippen LogP contribution is -2.41. The number of aromatic nitrogens is 3. The first kappa shape index (κ1) is 13.7. The van der Waals surface area contributed by atoms with Crippen molar-refractivity contribution >= 4 is 29.0 Å². The van der Waals surface area contributed by atoms with Gasteiger partial charge in [0.05, 0.1) is 11.2 Å². The van der Waals surface area contributed by atoms with E-state index in [4.69, 9.17) is 9.31 Å². The Bertz CT molecular complexity index is 856. The fourth-order valence-corrected chi connectivity index (χ4v) is 2.75. The van der Waals surface area contributed by atoms with Crippen molar-refractivity contribution in [3.05, 3.63) is 36.8 Å². The summed E-state index contributed by atoms with van der Waals surface area (Å²) in [5.74, 6) is 0. The Balaban J connectivity index is 1.79. The molecule has 5 nitrogen and oxygen atoms in total. The number of nitrogens with zero attached hydrogens (tertiary/aromatic N) is 3. The highest BCUT2D eigenvalue weighted by molar-refractivity contribution is 6.62. The van der Waals surface area contributed by atoms with Crippen LogP contribution in [0.3, 0.4) is 0 Å². The molecule has 6 heteroatoms. The summed E-state index contributed by atoms with van der Waals surface area (Å²) in [5.41, 5.74) is 1.22. The van der Waals surface area contributed by atoms with Gasteiger partial charge < -0.3 is 9.31 Å². The maximum Gasteiger partial charge on any atom is 0.494 e. The van der Waals surface area contributed by atoms with Crippen LogP contribution in [0.2, 0.25) is 0 Å². The van der Waals surface area contributed by atoms with Crippen molar-refractivity contribution in [1.82, 2.24) is 14.6 Å². The monoisotopic (exact) mass is 295 g/mol. The highest BCUT2D eigenvalue weighted by Crippen LogP contribution is 2.36. The molecule has 1 aliphatic rings. The second kappa shape index (κ2) is 4.30. The van der Waals surface area contributed by atoms with Gasteiger partial charge in [-0.1, -0.05) is 18.2 Å². The van der Waals surface area contributed by atoms with E-state index in [2.05, 4.69) is 56.1 Å². The van der Waals surface area contributed by atoms with Crippen molar-refractivity contribution in [2.24, 2.45) is 0 Å². The Morgan fingerprint density at radius 2 is 1.77 bits per heavy atom. The highest BCUT2D eigenvalue weighted by atomic mass is 16.7. The average Bonchev–Trinajstić information content (AvgIpc) is 3.01. The summed E-state index contributed by atoms with van der Waals surface area (Å²) in [6, 6.07) is 8.26. The second-order valence-electron chi connectivity index (χ2n) is 6.81. The maximum absolute atomic E-state index is 6.12. The molecule has 0 aliphatic carbocycles. The standard InChI is InChI=1S/C16H18BN3O2/c1-15(2)16(3,4)22-17(21-15)12-5-6-13-11(9-12)7-8-20-10-18-19-14(13)20/h5-10H,1-4H3. The number of benzene rings is 1. The molecule has 22 heavy (non-hydrogen) atoms. The molecule has 4 rings (SSSR count). The molecule has 0 atom stereocenters. The van der Waals surface area contributed by atoms with Gasteiger partial charge in [0.1, 0.15) is 6.33 Å². The van der Waals surface area contributed by atoms with Gasteiger partial charge >= 0.3 is 7.12 Å². The van der Waals surface area contributed by atoms with Gasteiger partial charge in [-0.15, -0.1) is 10.2 Å². The van der Waals surface area contributed by atoms with Gasteiger partial charge in [-0.3, -0.25) is 4.40 Å². The van der Waals surface area contributed by atoms with Gasteiger partial charge in [0.2, 0.25) is 0 Å². The van der Waals surface area contributed by atoms with Crippen LogP contribution >= 0.6 is 0 Å². The molecule has 0 spiro atoms. The van der Waals surface area contributed by atoms with Crippen LogP contribution in [0, 0.1) is 0 Å². The van der Waals surface area contributed by atoms with E-state index in [9.17, 15) is 0 Å². The molecule has 1 saturated heterocycles. The van der Waals surface area contributed by atoms with E-state index >= 15 is 0 Å². The molecule has 0 saturated carbocycles. The Hall–Kier alpha value is -1.92. The molecule has 1 aromatic carbocycles. The van der Waals surface area contributed by atoms with Crippen LogP contribution in [-0.2, 0) is 9.31 Å². The van der Waals surface area contributed by atoms with Crippen LogP contribution in [-0.4, -0.2) is 32.9 Å². The zero-order chi connectivity index (χ0) is 15.5. The fourth-order valence-electron chi connectivity index (χ4n) is 2.75. The Morgan fingerprint density at radius 1 is 1.05 bits per heavy atom. The molecule has 0 amide bonds. The topological polar surface area (TPSA) is 48.7 Å². The van der Waals surface area contributed by atoms with Crippen LogP contribution in [0.5, 0.6) is 0 Å². The minimum absolute atomic E-state index is 0.330. The Kier molecular flexibility index (Phi) is 2.69. The van der Waals surface area contributed by atoms with Crippen LogP contribution in [0.1, 0.15) is 27.7 Å².